The summed E-state index contributed by atoms with van der Waals surface area (Å²) < 4.78 is 1.40. The Balaban J connectivity index is 2.37. The van der Waals surface area contributed by atoms with Gasteiger partial charge in [0.2, 0.25) is 0 Å². The summed E-state index contributed by atoms with van der Waals surface area (Å²) in [5, 5.41) is 3.91. The van der Waals surface area contributed by atoms with Gasteiger partial charge in [-0.2, -0.15) is 5.10 Å². The Hall–Kier alpha value is -2.44. The van der Waals surface area contributed by atoms with Crippen molar-refractivity contribution in [3.05, 3.63) is 30.4 Å². The van der Waals surface area contributed by atoms with E-state index in [9.17, 15) is 4.79 Å². The maximum Gasteiger partial charge on any atom is 0.251 e. The van der Waals surface area contributed by atoms with E-state index in [4.69, 9.17) is 11.5 Å². The molecule has 0 aliphatic heterocycles. The molecule has 2 aromatic rings. The average Bonchev–Trinajstić information content (AvgIpc) is 2.68. The predicted octanol–water partition coefficient (Wildman–Crippen LogP) is -0.657. The van der Waals surface area contributed by atoms with E-state index in [-0.39, 0.29) is 0 Å². The van der Waals surface area contributed by atoms with Gasteiger partial charge in [-0.1, -0.05) is 0 Å². The van der Waals surface area contributed by atoms with Gasteiger partial charge in [0.05, 0.1) is 24.2 Å². The van der Waals surface area contributed by atoms with Crippen molar-refractivity contribution < 1.29 is 4.79 Å². The number of rotatable bonds is 2. The number of aromatic nitrogens is 4. The van der Waals surface area contributed by atoms with Crippen LogP contribution in [0.4, 0.5) is 5.82 Å². The molecule has 0 bridgehead atoms. The lowest BCUT2D eigenvalue weighted by atomic mass is 10.3. The number of anilines is 1. The Morgan fingerprint density at radius 1 is 1.27 bits per heavy atom. The SMILES string of the molecule is NC(=O)c1cnn(-c2cnc(N)cn2)c1. The smallest absolute Gasteiger partial charge is 0.251 e. The molecule has 0 saturated carbocycles. The zero-order valence-electron chi connectivity index (χ0n) is 7.66. The lowest BCUT2D eigenvalue weighted by molar-refractivity contribution is 0.100. The Morgan fingerprint density at radius 2 is 2.07 bits per heavy atom. The van der Waals surface area contributed by atoms with Crippen LogP contribution in [0.15, 0.2) is 24.8 Å². The summed E-state index contributed by atoms with van der Waals surface area (Å²) in [6.45, 7) is 0. The fourth-order valence-corrected chi connectivity index (χ4v) is 1.02. The van der Waals surface area contributed by atoms with Gasteiger partial charge >= 0.3 is 0 Å². The number of carbonyl (C=O) groups excluding carboxylic acids is 1. The molecule has 0 unspecified atom stereocenters. The van der Waals surface area contributed by atoms with E-state index in [1.165, 1.54) is 29.5 Å². The third-order valence-corrected chi connectivity index (χ3v) is 1.76. The molecule has 2 heterocycles. The van der Waals surface area contributed by atoms with Crippen molar-refractivity contribution in [3.8, 4) is 5.82 Å². The molecule has 0 fully saturated rings. The standard InChI is InChI=1S/C8H8N6O/c9-6-2-12-7(3-11-6)14-4-5(1-13-14)8(10)15/h1-4H,(H2,9,11)(H2,10,15). The summed E-state index contributed by atoms with van der Waals surface area (Å²) in [5.74, 6) is 0.252. The maximum atomic E-state index is 10.8. The first kappa shape index (κ1) is 9.13. The predicted molar refractivity (Wildman–Crippen MR) is 52.1 cm³/mol. The number of nitrogens with two attached hydrogens (primary N) is 2. The van der Waals surface area contributed by atoms with Crippen LogP contribution in [0.5, 0.6) is 0 Å². The lowest BCUT2D eigenvalue weighted by Crippen LogP contribution is -2.09. The van der Waals surface area contributed by atoms with Crippen molar-refractivity contribution >= 4 is 11.7 Å². The highest BCUT2D eigenvalue weighted by molar-refractivity contribution is 5.92. The molecule has 76 valence electrons. The molecule has 0 aromatic carbocycles. The largest absolute Gasteiger partial charge is 0.382 e. The molecule has 7 nitrogen and oxygen atoms in total. The number of hydrogen-bond acceptors (Lipinski definition) is 5. The van der Waals surface area contributed by atoms with Crippen molar-refractivity contribution in [3.63, 3.8) is 0 Å². The molecule has 7 heteroatoms. The monoisotopic (exact) mass is 204 g/mol. The van der Waals surface area contributed by atoms with Crippen LogP contribution in [-0.2, 0) is 0 Å². The van der Waals surface area contributed by atoms with E-state index in [2.05, 4.69) is 15.1 Å². The summed E-state index contributed by atoms with van der Waals surface area (Å²) in [7, 11) is 0. The highest BCUT2D eigenvalue weighted by Gasteiger charge is 2.05. The van der Waals surface area contributed by atoms with Crippen LogP contribution in [0.1, 0.15) is 10.4 Å². The molecular formula is C8H8N6O. The molecule has 2 rings (SSSR count). The summed E-state index contributed by atoms with van der Waals surface area (Å²) in [4.78, 5) is 18.6. The van der Waals surface area contributed by atoms with Crippen LogP contribution < -0.4 is 11.5 Å². The van der Waals surface area contributed by atoms with Crippen LogP contribution in [-0.4, -0.2) is 25.7 Å². The van der Waals surface area contributed by atoms with Gasteiger partial charge in [0.1, 0.15) is 5.82 Å². The van der Waals surface area contributed by atoms with E-state index >= 15 is 0 Å². The molecule has 0 radical (unpaired) electrons. The van der Waals surface area contributed by atoms with E-state index < -0.39 is 5.91 Å². The Bertz CT molecular complexity index is 488. The van der Waals surface area contributed by atoms with Gasteiger partial charge in [0.15, 0.2) is 5.82 Å². The molecule has 4 N–H and O–H groups in total. The van der Waals surface area contributed by atoms with Gasteiger partial charge in [0, 0.05) is 6.20 Å². The molecule has 0 atom stereocenters. The highest BCUT2D eigenvalue weighted by Crippen LogP contribution is 2.04. The van der Waals surface area contributed by atoms with Crippen LogP contribution in [0, 0.1) is 0 Å². The van der Waals surface area contributed by atoms with E-state index in [0.717, 1.165) is 0 Å². The van der Waals surface area contributed by atoms with Gasteiger partial charge in [0.25, 0.3) is 5.91 Å². The summed E-state index contributed by atoms with van der Waals surface area (Å²) in [6.07, 6.45) is 5.69. The Labute approximate surface area is 84.7 Å². The Kier molecular flexibility index (Phi) is 2.05. The zero-order valence-corrected chi connectivity index (χ0v) is 7.66. The highest BCUT2D eigenvalue weighted by atomic mass is 16.1. The van der Waals surface area contributed by atoms with Crippen LogP contribution in [0.3, 0.4) is 0 Å². The van der Waals surface area contributed by atoms with E-state index in [1.807, 2.05) is 0 Å². The molecular weight excluding hydrogens is 196 g/mol. The van der Waals surface area contributed by atoms with Crippen molar-refractivity contribution in [1.82, 2.24) is 19.7 Å². The number of primary amides is 1. The third-order valence-electron chi connectivity index (χ3n) is 1.76. The van der Waals surface area contributed by atoms with Gasteiger partial charge in [-0.05, 0) is 0 Å². The molecule has 2 aromatic heterocycles. The first-order valence-electron chi connectivity index (χ1n) is 4.09. The minimum Gasteiger partial charge on any atom is -0.382 e. The first-order valence-corrected chi connectivity index (χ1v) is 4.09. The molecule has 0 saturated heterocycles. The van der Waals surface area contributed by atoms with Crippen LogP contribution >= 0.6 is 0 Å². The molecule has 15 heavy (non-hydrogen) atoms. The summed E-state index contributed by atoms with van der Waals surface area (Å²) >= 11 is 0. The number of nitrogens with zero attached hydrogens (tertiary/aromatic N) is 4. The van der Waals surface area contributed by atoms with Gasteiger partial charge < -0.3 is 11.5 Å². The average molecular weight is 204 g/mol. The first-order chi connectivity index (χ1) is 7.16. The fourth-order valence-electron chi connectivity index (χ4n) is 1.02. The normalized spacial score (nSPS) is 10.1. The second kappa shape index (κ2) is 3.37. The van der Waals surface area contributed by atoms with E-state index in [1.54, 1.807) is 0 Å². The topological polar surface area (TPSA) is 113 Å². The molecule has 0 aliphatic rings. The summed E-state index contributed by atoms with van der Waals surface area (Å²) in [6, 6.07) is 0. The van der Waals surface area contributed by atoms with E-state index in [0.29, 0.717) is 17.2 Å². The number of nitrogen functional groups attached to an aromatic ring is 1. The number of carbonyl (C=O) groups is 1. The lowest BCUT2D eigenvalue weighted by Gasteiger charge is -1.98. The summed E-state index contributed by atoms with van der Waals surface area (Å²) in [5.41, 5.74) is 10.8. The fraction of sp³-hybridized carbons (Fsp3) is 0. The Morgan fingerprint density at radius 3 is 2.60 bits per heavy atom. The quantitative estimate of drug-likeness (QED) is 0.674. The van der Waals surface area contributed by atoms with Gasteiger partial charge in [-0.3, -0.25) is 4.79 Å². The van der Waals surface area contributed by atoms with Crippen LogP contribution in [0.2, 0.25) is 0 Å². The minimum atomic E-state index is -0.537. The molecule has 0 aliphatic carbocycles. The second-order valence-electron chi connectivity index (χ2n) is 2.84. The third kappa shape index (κ3) is 1.75. The van der Waals surface area contributed by atoms with Crippen molar-refractivity contribution in [1.29, 1.82) is 0 Å². The second-order valence-corrected chi connectivity index (χ2v) is 2.84. The number of hydrogen-bond donors (Lipinski definition) is 2. The van der Waals surface area contributed by atoms with Gasteiger partial charge in [-0.15, -0.1) is 0 Å². The minimum absolute atomic E-state index is 0.314. The molecule has 0 spiro atoms. The van der Waals surface area contributed by atoms with Crippen molar-refractivity contribution in [2.24, 2.45) is 5.73 Å². The van der Waals surface area contributed by atoms with Crippen LogP contribution in [0.25, 0.3) is 5.82 Å². The zero-order chi connectivity index (χ0) is 10.8. The maximum absolute atomic E-state index is 10.8. The van der Waals surface area contributed by atoms with Crippen molar-refractivity contribution in [2.75, 3.05) is 5.73 Å². The number of amides is 1. The molecule has 1 amide bonds. The van der Waals surface area contributed by atoms with Gasteiger partial charge in [-0.25, -0.2) is 14.6 Å². The van der Waals surface area contributed by atoms with Crippen molar-refractivity contribution in [2.45, 2.75) is 0 Å².